The molecule has 246 valence electrons. The van der Waals surface area contributed by atoms with Crippen LogP contribution in [0.25, 0.3) is 5.69 Å². The first-order valence-corrected chi connectivity index (χ1v) is 18.1. The lowest BCUT2D eigenvalue weighted by Crippen LogP contribution is -2.28. The molecule has 4 rings (SSSR count). The van der Waals surface area contributed by atoms with E-state index in [4.69, 9.17) is 14.2 Å². The number of para-hydroxylation sites is 2. The molecule has 0 bridgehead atoms. The summed E-state index contributed by atoms with van der Waals surface area (Å²) >= 11 is 0. The fourth-order valence-corrected chi connectivity index (χ4v) is 5.28. The number of hydrogen-bond donors (Lipinski definition) is 3. The minimum atomic E-state index is -1.41. The summed E-state index contributed by atoms with van der Waals surface area (Å²) in [5.74, 6) is -0.798. The number of alkyl carbamates (subject to hydrolysis) is 1. The first-order valence-electron chi connectivity index (χ1n) is 14.4. The number of nitro benzene ring substituents is 1. The Balaban J connectivity index is 1.75. The zero-order valence-corrected chi connectivity index (χ0v) is 27.4. The van der Waals surface area contributed by atoms with Gasteiger partial charge < -0.3 is 24.8 Å². The molecule has 3 N–H and O–H groups in total. The quantitative estimate of drug-likeness (QED) is 0.0967. The van der Waals surface area contributed by atoms with Gasteiger partial charge in [-0.2, -0.15) is 9.94 Å². The molecule has 16 heteroatoms. The monoisotopic (exact) mass is 663 g/mol. The molecule has 0 fully saturated rings. The van der Waals surface area contributed by atoms with Crippen LogP contribution in [0.3, 0.4) is 0 Å². The van der Waals surface area contributed by atoms with Crippen molar-refractivity contribution in [1.82, 2.24) is 20.1 Å². The van der Waals surface area contributed by atoms with Gasteiger partial charge in [-0.1, -0.05) is 31.8 Å². The van der Waals surface area contributed by atoms with Crippen molar-refractivity contribution < 1.29 is 28.3 Å². The van der Waals surface area contributed by atoms with Gasteiger partial charge in [0.25, 0.3) is 5.69 Å². The Morgan fingerprint density at radius 3 is 2.57 bits per heavy atom. The number of nitriles is 1. The molecule has 4 aromatic rings. The number of methoxy groups -OCH3 is 2. The van der Waals surface area contributed by atoms with Crippen LogP contribution in [0.5, 0.6) is 11.5 Å². The summed E-state index contributed by atoms with van der Waals surface area (Å²) < 4.78 is 32.5. The molecule has 1 amide bonds. The number of amides is 1. The highest BCUT2D eigenvalue weighted by atomic mass is 28.3. The molecule has 0 radical (unpaired) electrons. The second-order valence-electron chi connectivity index (χ2n) is 11.6. The maximum absolute atomic E-state index is 15.9. The van der Waals surface area contributed by atoms with Gasteiger partial charge in [-0.05, 0) is 41.9 Å². The lowest BCUT2D eigenvalue weighted by atomic mass is 10.0. The highest BCUT2D eigenvalue weighted by Gasteiger charge is 2.28. The number of H-pyrrole nitrogens is 1. The summed E-state index contributed by atoms with van der Waals surface area (Å²) in [6.45, 7) is 6.73. The number of rotatable bonds is 13. The molecular formula is C31H34FN7O7Si. The zero-order valence-electron chi connectivity index (χ0n) is 26.4. The van der Waals surface area contributed by atoms with Crippen molar-refractivity contribution in [3.63, 3.8) is 0 Å². The van der Waals surface area contributed by atoms with Crippen molar-refractivity contribution in [2.24, 2.45) is 0 Å². The first-order chi connectivity index (χ1) is 22.3. The third kappa shape index (κ3) is 8.32. The van der Waals surface area contributed by atoms with Crippen molar-refractivity contribution >= 4 is 25.5 Å². The Morgan fingerprint density at radius 1 is 1.17 bits per heavy atom. The van der Waals surface area contributed by atoms with E-state index >= 15 is 4.39 Å². The number of aromatic amines is 1. The molecule has 0 spiro atoms. The highest BCUT2D eigenvalue weighted by molar-refractivity contribution is 6.76. The minimum absolute atomic E-state index is 0.0420. The van der Waals surface area contributed by atoms with Gasteiger partial charge >= 0.3 is 11.8 Å². The number of aromatic nitrogens is 3. The molecule has 14 nitrogen and oxygen atoms in total. The van der Waals surface area contributed by atoms with Gasteiger partial charge in [0.2, 0.25) is 0 Å². The van der Waals surface area contributed by atoms with Crippen molar-refractivity contribution in [3.05, 3.63) is 104 Å². The van der Waals surface area contributed by atoms with E-state index in [1.54, 1.807) is 12.1 Å². The summed E-state index contributed by atoms with van der Waals surface area (Å²) in [5.41, 5.74) is -0.252. The van der Waals surface area contributed by atoms with Crippen LogP contribution in [0.4, 0.5) is 20.6 Å². The van der Waals surface area contributed by atoms with Gasteiger partial charge in [0.05, 0.1) is 37.4 Å². The number of benzene rings is 3. The van der Waals surface area contributed by atoms with Crippen LogP contribution in [-0.4, -0.2) is 54.7 Å². The number of ether oxygens (including phenoxy) is 3. The predicted molar refractivity (Wildman–Crippen MR) is 173 cm³/mol. The molecule has 0 aliphatic rings. The van der Waals surface area contributed by atoms with E-state index in [-0.39, 0.29) is 53.0 Å². The largest absolute Gasteiger partial charge is 0.497 e. The number of carbonyl (C=O) groups is 1. The van der Waals surface area contributed by atoms with Gasteiger partial charge in [0.1, 0.15) is 17.5 Å². The van der Waals surface area contributed by atoms with Crippen molar-refractivity contribution in [2.75, 3.05) is 26.1 Å². The maximum atomic E-state index is 15.9. The fraction of sp³-hybridized carbons (Fsp3) is 0.290. The van der Waals surface area contributed by atoms with Crippen LogP contribution in [0.15, 0.2) is 59.4 Å². The third-order valence-corrected chi connectivity index (χ3v) is 8.77. The molecule has 1 aromatic heterocycles. The van der Waals surface area contributed by atoms with Crippen LogP contribution in [-0.2, 0) is 11.3 Å². The second-order valence-corrected chi connectivity index (χ2v) is 17.2. The van der Waals surface area contributed by atoms with E-state index in [2.05, 4.69) is 46.4 Å². The predicted octanol–water partition coefficient (Wildman–Crippen LogP) is 5.26. The van der Waals surface area contributed by atoms with Crippen molar-refractivity contribution in [3.8, 4) is 23.3 Å². The van der Waals surface area contributed by atoms with Crippen LogP contribution in [0, 0.1) is 27.3 Å². The molecule has 0 saturated carbocycles. The van der Waals surface area contributed by atoms with Gasteiger partial charge in [-0.3, -0.25) is 15.1 Å². The van der Waals surface area contributed by atoms with E-state index in [1.165, 1.54) is 56.7 Å². The summed E-state index contributed by atoms with van der Waals surface area (Å²) in [6, 6.07) is 14.6. The Bertz CT molecular complexity index is 1880. The average Bonchev–Trinajstić information content (AvgIpc) is 3.43. The lowest BCUT2D eigenvalue weighted by Gasteiger charge is -2.21. The molecule has 3 aromatic carbocycles. The minimum Gasteiger partial charge on any atom is -0.497 e. The van der Waals surface area contributed by atoms with Gasteiger partial charge in [-0.15, -0.1) is 5.10 Å². The summed E-state index contributed by atoms with van der Waals surface area (Å²) in [7, 11) is 1.26. The molecule has 0 aliphatic heterocycles. The molecule has 0 aliphatic carbocycles. The topological polar surface area (TPSA) is 186 Å². The van der Waals surface area contributed by atoms with Crippen LogP contribution >= 0.6 is 0 Å². The van der Waals surface area contributed by atoms with Crippen LogP contribution in [0.1, 0.15) is 28.6 Å². The smallest absolute Gasteiger partial charge is 0.407 e. The van der Waals surface area contributed by atoms with E-state index < -0.39 is 36.6 Å². The summed E-state index contributed by atoms with van der Waals surface area (Å²) in [4.78, 5) is 39.1. The Kier molecular flexibility index (Phi) is 10.6. The number of hydrogen-bond acceptors (Lipinski definition) is 10. The van der Waals surface area contributed by atoms with Crippen LogP contribution in [0.2, 0.25) is 25.7 Å². The van der Waals surface area contributed by atoms with E-state index in [0.29, 0.717) is 11.3 Å². The summed E-state index contributed by atoms with van der Waals surface area (Å²) in [6.07, 6.45) is -0.632. The molecule has 1 unspecified atom stereocenters. The van der Waals surface area contributed by atoms with Crippen molar-refractivity contribution in [2.45, 2.75) is 38.3 Å². The molecule has 0 saturated heterocycles. The zero-order chi connectivity index (χ0) is 34.3. The molecule has 1 heterocycles. The highest BCUT2D eigenvalue weighted by Crippen LogP contribution is 2.35. The standard InChI is InChI=1S/C31H34FN7O7Si/c1-44-22-15-23(27(32)26(16-22)45-2)28(29-36-30(40)38(37-29)24-8-6-7-9-25(24)39(42)43)35-21-11-10-19(17-33)20(14-21)18-34-31(41)46-12-13-47(3,4)5/h6-11,14-16,28,35H,12-13,18H2,1-5H3,(H,34,41)(H,36,37,40). The lowest BCUT2D eigenvalue weighted by molar-refractivity contribution is -0.384. The van der Waals surface area contributed by atoms with E-state index in [1.807, 2.05) is 0 Å². The van der Waals surface area contributed by atoms with Crippen molar-refractivity contribution in [1.29, 1.82) is 5.26 Å². The average molecular weight is 664 g/mol. The third-order valence-electron chi connectivity index (χ3n) is 7.07. The van der Waals surface area contributed by atoms with Gasteiger partial charge in [0.15, 0.2) is 17.4 Å². The van der Waals surface area contributed by atoms with Gasteiger partial charge in [0, 0.05) is 38.0 Å². The second kappa shape index (κ2) is 14.6. The number of nitrogens with zero attached hydrogens (tertiary/aromatic N) is 4. The van der Waals surface area contributed by atoms with Crippen LogP contribution < -0.4 is 25.8 Å². The summed E-state index contributed by atoms with van der Waals surface area (Å²) in [5, 5.41) is 31.5. The van der Waals surface area contributed by atoms with E-state index in [0.717, 1.165) is 10.7 Å². The fourth-order valence-electron chi connectivity index (χ4n) is 4.57. The number of nitrogens with one attached hydrogen (secondary N) is 3. The molecule has 1 atom stereocenters. The Morgan fingerprint density at radius 2 is 1.91 bits per heavy atom. The molecule has 47 heavy (non-hydrogen) atoms. The SMILES string of the molecule is COc1cc(OC)c(F)c(C(Nc2ccc(C#N)c(CNC(=O)OCC[Si](C)(C)C)c2)c2nn(-c3ccccc3[N+](=O)[O-])c(=O)[nH]2)c1. The Hall–Kier alpha value is -5.69. The molecular weight excluding hydrogens is 629 g/mol. The first kappa shape index (κ1) is 34.2. The van der Waals surface area contributed by atoms with E-state index in [9.17, 15) is 25.0 Å². The maximum Gasteiger partial charge on any atom is 0.407 e. The Labute approximate surface area is 270 Å². The number of anilines is 1. The number of halogens is 1. The normalized spacial score (nSPS) is 11.7. The van der Waals surface area contributed by atoms with Gasteiger partial charge in [-0.25, -0.2) is 14.0 Å². The number of carbonyl (C=O) groups excluding carboxylic acids is 1. The number of nitro groups is 1.